The molecular formula is C28H27N5O3. The van der Waals surface area contributed by atoms with Gasteiger partial charge in [-0.1, -0.05) is 36.4 Å². The van der Waals surface area contributed by atoms with Crippen LogP contribution in [0, 0.1) is 0 Å². The fourth-order valence-corrected chi connectivity index (χ4v) is 4.40. The van der Waals surface area contributed by atoms with Gasteiger partial charge in [0, 0.05) is 42.5 Å². The predicted octanol–water partition coefficient (Wildman–Crippen LogP) is 3.46. The summed E-state index contributed by atoms with van der Waals surface area (Å²) in [6, 6.07) is 22.5. The number of carbonyl (C=O) groups is 2. The predicted molar refractivity (Wildman–Crippen MR) is 135 cm³/mol. The summed E-state index contributed by atoms with van der Waals surface area (Å²) in [4.78, 5) is 32.6. The maximum atomic E-state index is 13.3. The number of rotatable bonds is 7. The van der Waals surface area contributed by atoms with E-state index in [1.165, 1.54) is 0 Å². The highest BCUT2D eigenvalue weighted by molar-refractivity contribution is 5.96. The van der Waals surface area contributed by atoms with Gasteiger partial charge in [0.15, 0.2) is 5.69 Å². The summed E-state index contributed by atoms with van der Waals surface area (Å²) in [7, 11) is 1.62. The second-order valence-electron chi connectivity index (χ2n) is 8.63. The minimum absolute atomic E-state index is 0.0525. The monoisotopic (exact) mass is 481 g/mol. The molecule has 2 aromatic carbocycles. The van der Waals surface area contributed by atoms with Gasteiger partial charge in [-0.15, -0.1) is 0 Å². The van der Waals surface area contributed by atoms with Gasteiger partial charge in [-0.25, -0.2) is 0 Å². The molecule has 8 nitrogen and oxygen atoms in total. The summed E-state index contributed by atoms with van der Waals surface area (Å²) in [6.07, 6.45) is 2.35. The SMILES string of the molecule is COc1ccc(CNC(=O)c2nn(Cc3ccccn3)c3c2CN(C(=O)c2ccccc2)CC3)cc1. The molecule has 0 saturated heterocycles. The first-order chi connectivity index (χ1) is 17.6. The molecule has 36 heavy (non-hydrogen) atoms. The first-order valence-corrected chi connectivity index (χ1v) is 11.9. The van der Waals surface area contributed by atoms with Crippen LogP contribution >= 0.6 is 0 Å². The highest BCUT2D eigenvalue weighted by Crippen LogP contribution is 2.25. The van der Waals surface area contributed by atoms with E-state index in [0.717, 1.165) is 28.3 Å². The van der Waals surface area contributed by atoms with Crippen molar-refractivity contribution in [2.45, 2.75) is 26.1 Å². The topological polar surface area (TPSA) is 89.3 Å². The minimum Gasteiger partial charge on any atom is -0.497 e. The summed E-state index contributed by atoms with van der Waals surface area (Å²) in [5.74, 6) is 0.440. The van der Waals surface area contributed by atoms with Gasteiger partial charge in [0.2, 0.25) is 0 Å². The van der Waals surface area contributed by atoms with Gasteiger partial charge >= 0.3 is 0 Å². The zero-order valence-corrected chi connectivity index (χ0v) is 20.1. The number of aromatic nitrogens is 3. The van der Waals surface area contributed by atoms with E-state index in [-0.39, 0.29) is 11.8 Å². The first-order valence-electron chi connectivity index (χ1n) is 11.9. The summed E-state index contributed by atoms with van der Waals surface area (Å²) >= 11 is 0. The first kappa shape index (κ1) is 23.3. The lowest BCUT2D eigenvalue weighted by Gasteiger charge is -2.28. The fraction of sp³-hybridized carbons (Fsp3) is 0.214. The van der Waals surface area contributed by atoms with Crippen molar-refractivity contribution in [2.75, 3.05) is 13.7 Å². The average molecular weight is 482 g/mol. The Kier molecular flexibility index (Phi) is 6.75. The molecule has 8 heteroatoms. The molecule has 1 aliphatic rings. The lowest BCUT2D eigenvalue weighted by molar-refractivity contribution is 0.0730. The molecule has 182 valence electrons. The molecule has 0 fully saturated rings. The molecule has 0 spiro atoms. The van der Waals surface area contributed by atoms with Crippen molar-refractivity contribution in [2.24, 2.45) is 0 Å². The highest BCUT2D eigenvalue weighted by Gasteiger charge is 2.30. The van der Waals surface area contributed by atoms with Crippen LogP contribution in [0.4, 0.5) is 0 Å². The Labute approximate surface area is 209 Å². The van der Waals surface area contributed by atoms with Gasteiger partial charge in [0.05, 0.1) is 25.9 Å². The molecule has 5 rings (SSSR count). The quantitative estimate of drug-likeness (QED) is 0.437. The summed E-state index contributed by atoms with van der Waals surface area (Å²) in [5, 5.41) is 7.68. The number of fused-ring (bicyclic) bond motifs is 1. The van der Waals surface area contributed by atoms with Crippen LogP contribution in [0.25, 0.3) is 0 Å². The Balaban J connectivity index is 1.40. The van der Waals surface area contributed by atoms with E-state index in [1.807, 2.05) is 77.5 Å². The zero-order valence-electron chi connectivity index (χ0n) is 20.1. The Morgan fingerprint density at radius 3 is 2.50 bits per heavy atom. The number of benzene rings is 2. The number of hydrogen-bond donors (Lipinski definition) is 1. The lowest BCUT2D eigenvalue weighted by atomic mass is 10.0. The van der Waals surface area contributed by atoms with Crippen LogP contribution in [0.15, 0.2) is 79.0 Å². The molecule has 2 aromatic heterocycles. The van der Waals surface area contributed by atoms with E-state index in [9.17, 15) is 9.59 Å². The van der Waals surface area contributed by atoms with E-state index in [1.54, 1.807) is 18.2 Å². The molecule has 3 heterocycles. The largest absolute Gasteiger partial charge is 0.497 e. The minimum atomic E-state index is -0.268. The number of nitrogens with one attached hydrogen (secondary N) is 1. The van der Waals surface area contributed by atoms with Crippen molar-refractivity contribution in [3.05, 3.63) is 113 Å². The molecule has 0 unspecified atom stereocenters. The third kappa shape index (κ3) is 4.98. The molecule has 0 bridgehead atoms. The number of ether oxygens (including phenoxy) is 1. The van der Waals surface area contributed by atoms with E-state index in [2.05, 4.69) is 10.3 Å². The van der Waals surface area contributed by atoms with Crippen LogP contribution in [-0.4, -0.2) is 45.1 Å². The van der Waals surface area contributed by atoms with Crippen molar-refractivity contribution in [1.29, 1.82) is 0 Å². The van der Waals surface area contributed by atoms with Crippen LogP contribution in [0.5, 0.6) is 5.75 Å². The second-order valence-corrected chi connectivity index (χ2v) is 8.63. The van der Waals surface area contributed by atoms with Gasteiger partial charge in [-0.3, -0.25) is 19.3 Å². The van der Waals surface area contributed by atoms with Crippen LogP contribution in [0.2, 0.25) is 0 Å². The van der Waals surface area contributed by atoms with E-state index >= 15 is 0 Å². The van der Waals surface area contributed by atoms with E-state index in [0.29, 0.717) is 43.9 Å². The van der Waals surface area contributed by atoms with Crippen molar-refractivity contribution >= 4 is 11.8 Å². The molecule has 1 aliphatic heterocycles. The molecule has 1 N–H and O–H groups in total. The number of methoxy groups -OCH3 is 1. The number of nitrogens with zero attached hydrogens (tertiary/aromatic N) is 4. The number of pyridine rings is 1. The number of hydrogen-bond acceptors (Lipinski definition) is 5. The Morgan fingerprint density at radius 1 is 1.00 bits per heavy atom. The van der Waals surface area contributed by atoms with Crippen molar-refractivity contribution in [1.82, 2.24) is 25.0 Å². The summed E-state index contributed by atoms with van der Waals surface area (Å²) in [5.41, 5.74) is 4.54. The maximum Gasteiger partial charge on any atom is 0.272 e. The fourth-order valence-electron chi connectivity index (χ4n) is 4.40. The molecule has 2 amide bonds. The van der Waals surface area contributed by atoms with Crippen LogP contribution in [0.3, 0.4) is 0 Å². The van der Waals surface area contributed by atoms with Crippen LogP contribution in [-0.2, 0) is 26.1 Å². The molecule has 0 radical (unpaired) electrons. The Hall–Kier alpha value is -4.46. The average Bonchev–Trinajstić information content (AvgIpc) is 3.30. The normalized spacial score (nSPS) is 12.6. The summed E-state index contributed by atoms with van der Waals surface area (Å²) < 4.78 is 7.05. The zero-order chi connectivity index (χ0) is 24.9. The maximum absolute atomic E-state index is 13.3. The lowest BCUT2D eigenvalue weighted by Crippen LogP contribution is -2.37. The number of carbonyl (C=O) groups excluding carboxylic acids is 2. The van der Waals surface area contributed by atoms with E-state index in [4.69, 9.17) is 9.84 Å². The smallest absolute Gasteiger partial charge is 0.272 e. The van der Waals surface area contributed by atoms with Gasteiger partial charge in [-0.2, -0.15) is 5.10 Å². The van der Waals surface area contributed by atoms with Crippen molar-refractivity contribution in [3.8, 4) is 5.75 Å². The Morgan fingerprint density at radius 2 is 1.78 bits per heavy atom. The second kappa shape index (κ2) is 10.4. The van der Waals surface area contributed by atoms with Crippen molar-refractivity contribution in [3.63, 3.8) is 0 Å². The molecule has 0 saturated carbocycles. The van der Waals surface area contributed by atoms with E-state index < -0.39 is 0 Å². The third-order valence-corrected chi connectivity index (χ3v) is 6.31. The highest BCUT2D eigenvalue weighted by atomic mass is 16.5. The van der Waals surface area contributed by atoms with Crippen LogP contribution in [0.1, 0.15) is 43.4 Å². The standard InChI is InChI=1S/C28H27N5O3/c1-36-23-12-10-20(11-13-23)17-30-27(34)26-24-19-32(28(35)21-7-3-2-4-8-21)16-14-25(24)33(31-26)18-22-9-5-6-15-29-22/h2-13,15H,14,16-19H2,1H3,(H,30,34). The van der Waals surface area contributed by atoms with Gasteiger partial charge in [0.1, 0.15) is 5.75 Å². The molecule has 4 aromatic rings. The number of amides is 2. The third-order valence-electron chi connectivity index (χ3n) is 6.31. The van der Waals surface area contributed by atoms with Gasteiger partial charge in [-0.05, 0) is 42.0 Å². The molecular weight excluding hydrogens is 454 g/mol. The van der Waals surface area contributed by atoms with Crippen LogP contribution < -0.4 is 10.1 Å². The van der Waals surface area contributed by atoms with Crippen molar-refractivity contribution < 1.29 is 14.3 Å². The Bertz CT molecular complexity index is 1350. The molecule has 0 aliphatic carbocycles. The van der Waals surface area contributed by atoms with Gasteiger partial charge in [0.25, 0.3) is 11.8 Å². The summed E-state index contributed by atoms with van der Waals surface area (Å²) in [6.45, 7) is 1.71. The van der Waals surface area contributed by atoms with Gasteiger partial charge < -0.3 is 15.0 Å². The molecule has 0 atom stereocenters.